The molecule has 0 saturated heterocycles. The van der Waals surface area contributed by atoms with Crippen molar-refractivity contribution in [2.75, 3.05) is 25.0 Å². The molecule has 2 rings (SSSR count). The number of carbonyl (C=O) groups excluding carboxylic acids is 1. The number of nitrogens with one attached hydrogen (secondary N) is 2. The van der Waals surface area contributed by atoms with Crippen molar-refractivity contribution >= 4 is 27.5 Å². The molecule has 0 atom stereocenters. The van der Waals surface area contributed by atoms with Crippen LogP contribution in [0.4, 0.5) is 5.69 Å². The molecule has 0 aliphatic carbocycles. The standard InChI is InChI=1S/C17H19BrN2O2/c1-13-3-2-4-16(11-13)22-10-9-19-17(21)12-20-15-7-5-14(18)6-8-15/h2-8,11,20H,9-10,12H2,1H3,(H,19,21). The summed E-state index contributed by atoms with van der Waals surface area (Å²) in [6.07, 6.45) is 0. The van der Waals surface area contributed by atoms with Gasteiger partial charge < -0.3 is 15.4 Å². The molecule has 4 nitrogen and oxygen atoms in total. The molecule has 22 heavy (non-hydrogen) atoms. The maximum atomic E-state index is 11.7. The Morgan fingerprint density at radius 3 is 2.68 bits per heavy atom. The van der Waals surface area contributed by atoms with E-state index in [9.17, 15) is 4.79 Å². The van der Waals surface area contributed by atoms with Gasteiger partial charge in [0.25, 0.3) is 0 Å². The maximum absolute atomic E-state index is 11.7. The molecule has 0 unspecified atom stereocenters. The highest BCUT2D eigenvalue weighted by atomic mass is 79.9. The van der Waals surface area contributed by atoms with Gasteiger partial charge in [-0.2, -0.15) is 0 Å². The minimum atomic E-state index is -0.0595. The summed E-state index contributed by atoms with van der Waals surface area (Å²) < 4.78 is 6.58. The zero-order chi connectivity index (χ0) is 15.8. The van der Waals surface area contributed by atoms with Crippen LogP contribution in [0.3, 0.4) is 0 Å². The summed E-state index contributed by atoms with van der Waals surface area (Å²) in [6.45, 7) is 3.19. The molecule has 0 aromatic heterocycles. The quantitative estimate of drug-likeness (QED) is 0.742. The number of ether oxygens (including phenoxy) is 1. The minimum Gasteiger partial charge on any atom is -0.492 e. The molecule has 0 spiro atoms. The van der Waals surface area contributed by atoms with Gasteiger partial charge in [0.15, 0.2) is 0 Å². The number of rotatable bonds is 7. The van der Waals surface area contributed by atoms with Crippen molar-refractivity contribution in [1.29, 1.82) is 0 Å². The molecule has 2 aromatic rings. The molecular formula is C17H19BrN2O2. The van der Waals surface area contributed by atoms with Crippen LogP contribution in [-0.2, 0) is 4.79 Å². The highest BCUT2D eigenvalue weighted by Crippen LogP contribution is 2.13. The molecule has 0 aliphatic heterocycles. The zero-order valence-electron chi connectivity index (χ0n) is 12.4. The lowest BCUT2D eigenvalue weighted by Gasteiger charge is -2.09. The Hall–Kier alpha value is -2.01. The Balaban J connectivity index is 1.62. The molecule has 0 fully saturated rings. The van der Waals surface area contributed by atoms with Gasteiger partial charge >= 0.3 is 0 Å². The van der Waals surface area contributed by atoms with Crippen LogP contribution in [0.25, 0.3) is 0 Å². The maximum Gasteiger partial charge on any atom is 0.239 e. The van der Waals surface area contributed by atoms with Crippen LogP contribution in [0.2, 0.25) is 0 Å². The van der Waals surface area contributed by atoms with Crippen LogP contribution in [0.15, 0.2) is 53.0 Å². The Morgan fingerprint density at radius 1 is 1.18 bits per heavy atom. The Kier molecular flexibility index (Phi) is 6.27. The Labute approximate surface area is 139 Å². The van der Waals surface area contributed by atoms with Gasteiger partial charge in [-0.05, 0) is 48.9 Å². The first-order valence-electron chi connectivity index (χ1n) is 7.09. The first kappa shape index (κ1) is 16.4. The second-order valence-electron chi connectivity index (χ2n) is 4.88. The predicted octanol–water partition coefficient (Wildman–Crippen LogP) is 3.36. The molecule has 0 heterocycles. The molecule has 0 radical (unpaired) electrons. The van der Waals surface area contributed by atoms with Crippen molar-refractivity contribution in [2.24, 2.45) is 0 Å². The second kappa shape index (κ2) is 8.44. The fraction of sp³-hybridized carbons (Fsp3) is 0.235. The van der Waals surface area contributed by atoms with Gasteiger partial charge in [0.05, 0.1) is 13.1 Å². The smallest absolute Gasteiger partial charge is 0.239 e. The highest BCUT2D eigenvalue weighted by molar-refractivity contribution is 9.10. The highest BCUT2D eigenvalue weighted by Gasteiger charge is 2.01. The van der Waals surface area contributed by atoms with E-state index in [4.69, 9.17) is 4.74 Å². The van der Waals surface area contributed by atoms with Crippen molar-refractivity contribution < 1.29 is 9.53 Å². The van der Waals surface area contributed by atoms with Crippen LogP contribution in [0, 0.1) is 6.92 Å². The van der Waals surface area contributed by atoms with Crippen molar-refractivity contribution in [3.8, 4) is 5.75 Å². The van der Waals surface area contributed by atoms with Gasteiger partial charge in [-0.15, -0.1) is 0 Å². The fourth-order valence-electron chi connectivity index (χ4n) is 1.88. The molecular weight excluding hydrogens is 344 g/mol. The van der Waals surface area contributed by atoms with Crippen LogP contribution < -0.4 is 15.4 Å². The number of aryl methyl sites for hydroxylation is 1. The van der Waals surface area contributed by atoms with Gasteiger partial charge in [0, 0.05) is 10.2 Å². The third-order valence-electron chi connectivity index (χ3n) is 2.98. The average Bonchev–Trinajstić information content (AvgIpc) is 2.51. The number of hydrogen-bond acceptors (Lipinski definition) is 3. The first-order valence-corrected chi connectivity index (χ1v) is 7.88. The largest absolute Gasteiger partial charge is 0.492 e. The Bertz CT molecular complexity index is 614. The van der Waals surface area contributed by atoms with Gasteiger partial charge in [-0.3, -0.25) is 4.79 Å². The lowest BCUT2D eigenvalue weighted by atomic mass is 10.2. The minimum absolute atomic E-state index is 0.0595. The summed E-state index contributed by atoms with van der Waals surface area (Å²) in [5.74, 6) is 0.762. The molecule has 0 bridgehead atoms. The van der Waals surface area contributed by atoms with Crippen molar-refractivity contribution in [1.82, 2.24) is 5.32 Å². The van der Waals surface area contributed by atoms with E-state index in [1.807, 2.05) is 55.5 Å². The van der Waals surface area contributed by atoms with Crippen LogP contribution >= 0.6 is 15.9 Å². The summed E-state index contributed by atoms with van der Waals surface area (Å²) >= 11 is 3.37. The van der Waals surface area contributed by atoms with Crippen molar-refractivity contribution in [3.63, 3.8) is 0 Å². The summed E-state index contributed by atoms with van der Waals surface area (Å²) in [5, 5.41) is 5.88. The van der Waals surface area contributed by atoms with E-state index in [1.165, 1.54) is 0 Å². The van der Waals surface area contributed by atoms with E-state index in [0.717, 1.165) is 21.5 Å². The van der Waals surface area contributed by atoms with Crippen LogP contribution in [0.5, 0.6) is 5.75 Å². The number of carbonyl (C=O) groups is 1. The number of hydrogen-bond donors (Lipinski definition) is 2. The number of anilines is 1. The van der Waals surface area contributed by atoms with E-state index in [-0.39, 0.29) is 12.5 Å². The first-order chi connectivity index (χ1) is 10.6. The van der Waals surface area contributed by atoms with Gasteiger partial charge in [0.1, 0.15) is 12.4 Å². The van der Waals surface area contributed by atoms with Crippen LogP contribution in [-0.4, -0.2) is 25.6 Å². The number of benzene rings is 2. The molecule has 2 N–H and O–H groups in total. The number of halogens is 1. The normalized spacial score (nSPS) is 10.1. The lowest BCUT2D eigenvalue weighted by Crippen LogP contribution is -2.32. The molecule has 116 valence electrons. The topological polar surface area (TPSA) is 50.4 Å². The molecule has 5 heteroatoms. The van der Waals surface area contributed by atoms with Gasteiger partial charge in [0.2, 0.25) is 5.91 Å². The third-order valence-corrected chi connectivity index (χ3v) is 3.51. The zero-order valence-corrected chi connectivity index (χ0v) is 14.0. The van der Waals surface area contributed by atoms with E-state index < -0.39 is 0 Å². The van der Waals surface area contributed by atoms with Gasteiger partial charge in [-0.25, -0.2) is 0 Å². The monoisotopic (exact) mass is 362 g/mol. The fourth-order valence-corrected chi connectivity index (χ4v) is 2.14. The second-order valence-corrected chi connectivity index (χ2v) is 5.79. The van der Waals surface area contributed by atoms with Gasteiger partial charge in [-0.1, -0.05) is 28.1 Å². The van der Waals surface area contributed by atoms with E-state index >= 15 is 0 Å². The van der Waals surface area contributed by atoms with E-state index in [0.29, 0.717) is 13.2 Å². The number of amides is 1. The molecule has 1 amide bonds. The molecule has 2 aromatic carbocycles. The SMILES string of the molecule is Cc1cccc(OCCNC(=O)CNc2ccc(Br)cc2)c1. The summed E-state index contributed by atoms with van der Waals surface area (Å²) in [7, 11) is 0. The van der Waals surface area contributed by atoms with Crippen LogP contribution in [0.1, 0.15) is 5.56 Å². The lowest BCUT2D eigenvalue weighted by molar-refractivity contribution is -0.119. The molecule has 0 saturated carbocycles. The average molecular weight is 363 g/mol. The Morgan fingerprint density at radius 2 is 1.95 bits per heavy atom. The summed E-state index contributed by atoms with van der Waals surface area (Å²) in [5.41, 5.74) is 2.06. The molecule has 0 aliphatic rings. The van der Waals surface area contributed by atoms with E-state index in [2.05, 4.69) is 26.6 Å². The van der Waals surface area contributed by atoms with Crippen molar-refractivity contribution in [2.45, 2.75) is 6.92 Å². The van der Waals surface area contributed by atoms with E-state index in [1.54, 1.807) is 0 Å². The summed E-state index contributed by atoms with van der Waals surface area (Å²) in [4.78, 5) is 11.7. The predicted molar refractivity (Wildman–Crippen MR) is 92.3 cm³/mol. The third kappa shape index (κ3) is 5.77. The van der Waals surface area contributed by atoms with Crippen molar-refractivity contribution in [3.05, 3.63) is 58.6 Å². The summed E-state index contributed by atoms with van der Waals surface area (Å²) in [6, 6.07) is 15.5.